The van der Waals surface area contributed by atoms with Gasteiger partial charge in [0.2, 0.25) is 0 Å². The van der Waals surface area contributed by atoms with Crippen LogP contribution in [0.1, 0.15) is 44.1 Å². The van der Waals surface area contributed by atoms with Crippen molar-refractivity contribution in [3.05, 3.63) is 48.3 Å². The number of hydrogen-bond acceptors (Lipinski definition) is 8. The van der Waals surface area contributed by atoms with Crippen molar-refractivity contribution < 1.29 is 5.11 Å². The van der Waals surface area contributed by atoms with Crippen molar-refractivity contribution in [2.24, 2.45) is 0 Å². The topological polar surface area (TPSA) is 102 Å². The molecule has 9 heteroatoms. The highest BCUT2D eigenvalue weighted by atomic mass is 32.1. The maximum Gasteiger partial charge on any atom is 0.189 e. The minimum Gasteiger partial charge on any atom is -0.393 e. The molecule has 0 atom stereocenters. The highest BCUT2D eigenvalue weighted by Crippen LogP contribution is 2.32. The van der Waals surface area contributed by atoms with Gasteiger partial charge in [0, 0.05) is 24.3 Å². The minimum absolute atomic E-state index is 0.159. The molecular formula is C26H31N7OS. The Labute approximate surface area is 208 Å². The molecule has 1 saturated heterocycles. The van der Waals surface area contributed by atoms with E-state index < -0.39 is 0 Å². The lowest BCUT2D eigenvalue weighted by Gasteiger charge is -2.27. The molecule has 1 aliphatic carbocycles. The lowest BCUT2D eigenvalue weighted by atomic mass is 9.93. The Morgan fingerprint density at radius 2 is 1.83 bits per heavy atom. The van der Waals surface area contributed by atoms with Gasteiger partial charge in [-0.1, -0.05) is 17.4 Å². The molecular weight excluding hydrogens is 458 g/mol. The quantitative estimate of drug-likeness (QED) is 0.285. The molecule has 0 spiro atoms. The van der Waals surface area contributed by atoms with Gasteiger partial charge in [-0.15, -0.1) is 0 Å². The largest absolute Gasteiger partial charge is 0.393 e. The first-order valence-corrected chi connectivity index (χ1v) is 13.3. The molecule has 4 heterocycles. The van der Waals surface area contributed by atoms with Crippen molar-refractivity contribution in [1.29, 1.82) is 0 Å². The predicted molar refractivity (Wildman–Crippen MR) is 141 cm³/mol. The van der Waals surface area contributed by atoms with Crippen LogP contribution in [0.25, 0.3) is 21.3 Å². The van der Waals surface area contributed by atoms with Crippen molar-refractivity contribution >= 4 is 38.3 Å². The minimum atomic E-state index is -0.159. The van der Waals surface area contributed by atoms with Crippen LogP contribution in [0.5, 0.6) is 0 Å². The van der Waals surface area contributed by atoms with Crippen molar-refractivity contribution in [3.8, 4) is 11.1 Å². The normalized spacial score (nSPS) is 20.9. The predicted octanol–water partition coefficient (Wildman–Crippen LogP) is 5.14. The summed E-state index contributed by atoms with van der Waals surface area (Å²) in [4.78, 5) is 12.2. The number of aliphatic hydroxyl groups is 1. The number of H-pyrrole nitrogens is 1. The van der Waals surface area contributed by atoms with Crippen molar-refractivity contribution in [2.45, 2.75) is 57.2 Å². The summed E-state index contributed by atoms with van der Waals surface area (Å²) in [7, 11) is 0. The van der Waals surface area contributed by atoms with Crippen LogP contribution in [0.2, 0.25) is 0 Å². The average molecular weight is 490 g/mol. The third kappa shape index (κ3) is 5.32. The number of anilines is 3. The number of thiazole rings is 1. The van der Waals surface area contributed by atoms with E-state index in [-0.39, 0.29) is 6.10 Å². The van der Waals surface area contributed by atoms with E-state index in [0.717, 1.165) is 83.4 Å². The monoisotopic (exact) mass is 489 g/mol. The zero-order valence-corrected chi connectivity index (χ0v) is 20.5. The number of hydrogen-bond donors (Lipinski definition) is 4. The van der Waals surface area contributed by atoms with E-state index in [1.807, 2.05) is 12.4 Å². The Morgan fingerprint density at radius 3 is 2.63 bits per heavy atom. The van der Waals surface area contributed by atoms with Gasteiger partial charge >= 0.3 is 0 Å². The molecule has 8 nitrogen and oxygen atoms in total. The Hall–Kier alpha value is -3.01. The molecule has 0 unspecified atom stereocenters. The first-order valence-electron chi connectivity index (χ1n) is 12.5. The van der Waals surface area contributed by atoms with Crippen LogP contribution in [0.4, 0.5) is 16.8 Å². The zero-order valence-electron chi connectivity index (χ0n) is 19.7. The van der Waals surface area contributed by atoms with Crippen molar-refractivity contribution in [1.82, 2.24) is 25.1 Å². The highest BCUT2D eigenvalue weighted by Gasteiger charge is 2.20. The first-order chi connectivity index (χ1) is 17.2. The fourth-order valence-corrected chi connectivity index (χ4v) is 6.03. The number of nitrogens with one attached hydrogen (secondary N) is 3. The zero-order chi connectivity index (χ0) is 23.6. The van der Waals surface area contributed by atoms with Crippen LogP contribution >= 0.6 is 11.3 Å². The van der Waals surface area contributed by atoms with Crippen molar-refractivity contribution in [3.63, 3.8) is 0 Å². The summed E-state index contributed by atoms with van der Waals surface area (Å²) < 4.78 is 1.12. The maximum absolute atomic E-state index is 9.87. The fourth-order valence-electron chi connectivity index (χ4n) is 5.12. The number of pyridine rings is 1. The molecule has 2 aliphatic rings. The van der Waals surface area contributed by atoms with E-state index in [1.54, 1.807) is 11.3 Å². The summed E-state index contributed by atoms with van der Waals surface area (Å²) in [6.07, 6.45) is 9.77. The second-order valence-corrected chi connectivity index (χ2v) is 10.7. The highest BCUT2D eigenvalue weighted by molar-refractivity contribution is 7.22. The van der Waals surface area contributed by atoms with E-state index in [9.17, 15) is 5.11 Å². The molecule has 1 aromatic carbocycles. The number of nitrogens with zero attached hydrogens (tertiary/aromatic N) is 4. The second kappa shape index (κ2) is 9.93. The first kappa shape index (κ1) is 22.5. The van der Waals surface area contributed by atoms with Gasteiger partial charge in [0.15, 0.2) is 5.13 Å². The van der Waals surface area contributed by atoms with Gasteiger partial charge < -0.3 is 15.7 Å². The lowest BCUT2D eigenvalue weighted by Crippen LogP contribution is -2.28. The van der Waals surface area contributed by atoms with E-state index >= 15 is 0 Å². The Kier molecular flexibility index (Phi) is 6.37. The van der Waals surface area contributed by atoms with Crippen molar-refractivity contribution in [2.75, 3.05) is 23.7 Å². The molecule has 1 aliphatic heterocycles. The van der Waals surface area contributed by atoms with Gasteiger partial charge in [-0.25, -0.2) is 9.97 Å². The summed E-state index contributed by atoms with van der Waals surface area (Å²) in [5, 5.41) is 24.7. The van der Waals surface area contributed by atoms with E-state index in [2.05, 4.69) is 56.1 Å². The average Bonchev–Trinajstić information content (AvgIpc) is 3.62. The molecule has 35 heavy (non-hydrogen) atoms. The molecule has 182 valence electrons. The fraction of sp³-hybridized carbons (Fsp3) is 0.423. The number of likely N-dealkylation sites (tertiary alicyclic amines) is 1. The van der Waals surface area contributed by atoms with Crippen LogP contribution in [0.3, 0.4) is 0 Å². The number of aliphatic hydroxyl groups excluding tert-OH is 1. The summed E-state index contributed by atoms with van der Waals surface area (Å²) in [5.41, 5.74) is 4.41. The molecule has 4 N–H and O–H groups in total. The molecule has 0 radical (unpaired) electrons. The third-order valence-electron chi connectivity index (χ3n) is 6.99. The molecule has 4 aromatic rings. The van der Waals surface area contributed by atoms with Gasteiger partial charge in [-0.2, -0.15) is 5.10 Å². The van der Waals surface area contributed by atoms with E-state index in [0.29, 0.717) is 6.04 Å². The molecule has 1 saturated carbocycles. The van der Waals surface area contributed by atoms with Crippen LogP contribution in [0, 0.1) is 0 Å². The Balaban J connectivity index is 1.25. The van der Waals surface area contributed by atoms with Crippen LogP contribution in [0.15, 0.2) is 42.7 Å². The Morgan fingerprint density at radius 1 is 1.00 bits per heavy atom. The molecule has 0 amide bonds. The van der Waals surface area contributed by atoms with E-state index in [4.69, 9.17) is 9.97 Å². The second-order valence-electron chi connectivity index (χ2n) is 9.69. The molecule has 3 aromatic heterocycles. The third-order valence-corrected chi connectivity index (χ3v) is 7.93. The number of aromatic amines is 1. The summed E-state index contributed by atoms with van der Waals surface area (Å²) >= 11 is 1.63. The van der Waals surface area contributed by atoms with E-state index in [1.165, 1.54) is 18.4 Å². The number of fused-ring (bicyclic) bond motifs is 1. The van der Waals surface area contributed by atoms with Gasteiger partial charge in [0.1, 0.15) is 11.6 Å². The number of aromatic nitrogens is 4. The van der Waals surface area contributed by atoms with Crippen LogP contribution in [-0.4, -0.2) is 55.4 Å². The van der Waals surface area contributed by atoms with Gasteiger partial charge in [-0.05, 0) is 87.0 Å². The Bertz CT molecular complexity index is 1270. The smallest absolute Gasteiger partial charge is 0.189 e. The van der Waals surface area contributed by atoms with Crippen LogP contribution in [-0.2, 0) is 6.54 Å². The standard InChI is InChI=1S/C26H31N7OS/c34-21-6-4-20(5-7-21)29-24-11-17(16-33-9-1-2-10-33)12-25(31-24)32-26-30-22-8-3-18(13-23(22)35-26)19-14-27-28-15-19/h3,8,11-15,20-21,34H,1-2,4-7,9-10,16H2,(H,27,28)(H2,29,30,31,32). The van der Waals surface area contributed by atoms with Gasteiger partial charge in [0.25, 0.3) is 0 Å². The lowest BCUT2D eigenvalue weighted by molar-refractivity contribution is 0.126. The molecule has 2 fully saturated rings. The summed E-state index contributed by atoms with van der Waals surface area (Å²) in [6, 6.07) is 11.0. The number of benzene rings is 1. The maximum atomic E-state index is 9.87. The molecule has 6 rings (SSSR count). The van der Waals surface area contributed by atoms with Gasteiger partial charge in [-0.3, -0.25) is 10.00 Å². The summed E-state index contributed by atoms with van der Waals surface area (Å²) in [6.45, 7) is 3.25. The summed E-state index contributed by atoms with van der Waals surface area (Å²) in [5.74, 6) is 1.71. The number of rotatable bonds is 7. The van der Waals surface area contributed by atoms with Crippen LogP contribution < -0.4 is 10.6 Å². The molecule has 0 bridgehead atoms. The SMILES string of the molecule is OC1CCC(Nc2cc(CN3CCCC3)cc(Nc3nc4ccc(-c5cn[nH]c5)cc4s3)n2)CC1. The van der Waals surface area contributed by atoms with Gasteiger partial charge in [0.05, 0.1) is 22.5 Å².